The monoisotopic (exact) mass is 254 g/mol. The molecule has 0 aliphatic rings. The maximum Gasteiger partial charge on any atom is 0.335 e. The van der Waals surface area contributed by atoms with Crippen LogP contribution in [0, 0.1) is 10.1 Å². The first-order chi connectivity index (χ1) is 8.41. The van der Waals surface area contributed by atoms with Crippen molar-refractivity contribution in [1.29, 1.82) is 0 Å². The predicted octanol–water partition coefficient (Wildman–Crippen LogP) is 1.48. The molecular weight excluding hydrogens is 240 g/mol. The van der Waals surface area contributed by atoms with Gasteiger partial charge in [-0.05, 0) is 25.5 Å². The van der Waals surface area contributed by atoms with Crippen molar-refractivity contribution in [2.75, 3.05) is 11.9 Å². The second-order valence-corrected chi connectivity index (χ2v) is 3.86. The molecule has 0 amide bonds. The molecule has 1 aromatic carbocycles. The van der Waals surface area contributed by atoms with Crippen LogP contribution in [-0.4, -0.2) is 33.8 Å². The molecule has 0 radical (unpaired) electrons. The highest BCUT2D eigenvalue weighted by Gasteiger charge is 2.16. The van der Waals surface area contributed by atoms with Crippen LogP contribution in [0.2, 0.25) is 0 Å². The van der Waals surface area contributed by atoms with Crippen molar-refractivity contribution >= 4 is 17.3 Å². The second kappa shape index (κ2) is 5.97. The SMILES string of the molecule is CC(O)CCNc1cc(C(=O)O)ccc1[N+](=O)[O-]. The number of carboxylic acids is 1. The van der Waals surface area contributed by atoms with Crippen LogP contribution in [0.3, 0.4) is 0 Å². The number of aliphatic hydroxyl groups excluding tert-OH is 1. The molecule has 0 fully saturated rings. The molecule has 0 saturated heterocycles. The number of carboxylic acid groups (broad SMARTS) is 1. The van der Waals surface area contributed by atoms with E-state index in [1.54, 1.807) is 6.92 Å². The molecule has 98 valence electrons. The summed E-state index contributed by atoms with van der Waals surface area (Å²) in [7, 11) is 0. The highest BCUT2D eigenvalue weighted by Crippen LogP contribution is 2.25. The molecule has 0 aromatic heterocycles. The number of hydrogen-bond donors (Lipinski definition) is 3. The van der Waals surface area contributed by atoms with Crippen molar-refractivity contribution in [3.8, 4) is 0 Å². The molecule has 0 aliphatic carbocycles. The Morgan fingerprint density at radius 3 is 2.72 bits per heavy atom. The Kier molecular flexibility index (Phi) is 4.61. The van der Waals surface area contributed by atoms with Gasteiger partial charge in [-0.15, -0.1) is 0 Å². The lowest BCUT2D eigenvalue weighted by Crippen LogP contribution is -2.11. The van der Waals surface area contributed by atoms with Gasteiger partial charge < -0.3 is 15.5 Å². The summed E-state index contributed by atoms with van der Waals surface area (Å²) in [5.41, 5.74) is -0.0775. The molecule has 0 bridgehead atoms. The standard InChI is InChI=1S/C11H14N2O5/c1-7(14)4-5-12-9-6-8(11(15)16)2-3-10(9)13(17)18/h2-3,6-7,12,14H,4-5H2,1H3,(H,15,16). The third-order valence-corrected chi connectivity index (χ3v) is 2.32. The van der Waals surface area contributed by atoms with Crippen LogP contribution in [-0.2, 0) is 0 Å². The molecule has 1 rings (SSSR count). The fraction of sp³-hybridized carbons (Fsp3) is 0.364. The van der Waals surface area contributed by atoms with Crippen molar-refractivity contribution in [2.45, 2.75) is 19.4 Å². The number of nitro groups is 1. The fourth-order valence-electron chi connectivity index (χ4n) is 1.39. The summed E-state index contributed by atoms with van der Waals surface area (Å²) in [6.07, 6.45) is -0.117. The third kappa shape index (κ3) is 3.70. The number of hydrogen-bond acceptors (Lipinski definition) is 5. The molecule has 0 spiro atoms. The Morgan fingerprint density at radius 2 is 2.22 bits per heavy atom. The van der Waals surface area contributed by atoms with Crippen molar-refractivity contribution in [2.24, 2.45) is 0 Å². The first-order valence-corrected chi connectivity index (χ1v) is 5.35. The molecule has 7 heteroatoms. The zero-order chi connectivity index (χ0) is 13.7. The van der Waals surface area contributed by atoms with E-state index in [-0.39, 0.29) is 16.9 Å². The number of nitrogens with zero attached hydrogens (tertiary/aromatic N) is 1. The van der Waals surface area contributed by atoms with Gasteiger partial charge in [-0.3, -0.25) is 10.1 Å². The van der Waals surface area contributed by atoms with E-state index in [0.29, 0.717) is 13.0 Å². The van der Waals surface area contributed by atoms with Crippen LogP contribution in [0.1, 0.15) is 23.7 Å². The van der Waals surface area contributed by atoms with Gasteiger partial charge in [-0.2, -0.15) is 0 Å². The maximum absolute atomic E-state index is 10.8. The van der Waals surface area contributed by atoms with Gasteiger partial charge in [0.25, 0.3) is 5.69 Å². The Balaban J connectivity index is 2.93. The van der Waals surface area contributed by atoms with Gasteiger partial charge in [0.2, 0.25) is 0 Å². The van der Waals surface area contributed by atoms with Crippen molar-refractivity contribution in [3.05, 3.63) is 33.9 Å². The van der Waals surface area contributed by atoms with Crippen LogP contribution in [0.25, 0.3) is 0 Å². The molecule has 1 unspecified atom stereocenters. The summed E-state index contributed by atoms with van der Waals surface area (Å²) >= 11 is 0. The minimum atomic E-state index is -1.15. The van der Waals surface area contributed by atoms with Gasteiger partial charge in [0.15, 0.2) is 0 Å². The van der Waals surface area contributed by atoms with Crippen molar-refractivity contribution < 1.29 is 19.9 Å². The second-order valence-electron chi connectivity index (χ2n) is 3.86. The first kappa shape index (κ1) is 13.9. The summed E-state index contributed by atoms with van der Waals surface area (Å²) in [5.74, 6) is -1.15. The minimum absolute atomic E-state index is 0.0276. The summed E-state index contributed by atoms with van der Waals surface area (Å²) in [4.78, 5) is 21.0. The van der Waals surface area contributed by atoms with E-state index in [1.807, 2.05) is 0 Å². The average Bonchev–Trinajstić information content (AvgIpc) is 2.27. The number of rotatable bonds is 6. The number of anilines is 1. The van der Waals surface area contributed by atoms with E-state index >= 15 is 0 Å². The van der Waals surface area contributed by atoms with Crippen LogP contribution in [0.15, 0.2) is 18.2 Å². The number of carbonyl (C=O) groups is 1. The molecule has 1 aromatic rings. The molecule has 0 aliphatic heterocycles. The largest absolute Gasteiger partial charge is 0.478 e. The molecule has 18 heavy (non-hydrogen) atoms. The lowest BCUT2D eigenvalue weighted by Gasteiger charge is -2.09. The van der Waals surface area contributed by atoms with Crippen molar-refractivity contribution in [3.63, 3.8) is 0 Å². The predicted molar refractivity (Wildman–Crippen MR) is 64.8 cm³/mol. The number of aliphatic hydroxyl groups is 1. The minimum Gasteiger partial charge on any atom is -0.478 e. The van der Waals surface area contributed by atoms with Crippen molar-refractivity contribution in [1.82, 2.24) is 0 Å². The maximum atomic E-state index is 10.8. The quantitative estimate of drug-likeness (QED) is 0.523. The van der Waals surface area contributed by atoms with E-state index in [1.165, 1.54) is 12.1 Å². The first-order valence-electron chi connectivity index (χ1n) is 5.35. The van der Waals surface area contributed by atoms with Crippen LogP contribution in [0.4, 0.5) is 11.4 Å². The highest BCUT2D eigenvalue weighted by molar-refractivity contribution is 5.90. The molecule has 7 nitrogen and oxygen atoms in total. The summed E-state index contributed by atoms with van der Waals surface area (Å²) < 4.78 is 0. The molecule has 3 N–H and O–H groups in total. The third-order valence-electron chi connectivity index (χ3n) is 2.32. The highest BCUT2D eigenvalue weighted by atomic mass is 16.6. The molecule has 0 saturated carbocycles. The summed E-state index contributed by atoms with van der Waals surface area (Å²) in [6.45, 7) is 1.92. The van der Waals surface area contributed by atoms with Gasteiger partial charge in [-0.1, -0.05) is 0 Å². The zero-order valence-corrected chi connectivity index (χ0v) is 9.79. The van der Waals surface area contributed by atoms with Gasteiger partial charge in [0.05, 0.1) is 16.6 Å². The normalized spacial score (nSPS) is 11.9. The smallest absolute Gasteiger partial charge is 0.335 e. The van der Waals surface area contributed by atoms with Gasteiger partial charge in [0, 0.05) is 12.6 Å². The van der Waals surface area contributed by atoms with E-state index < -0.39 is 17.0 Å². The van der Waals surface area contributed by atoms with Gasteiger partial charge in [-0.25, -0.2) is 4.79 Å². The number of aromatic carboxylic acids is 1. The summed E-state index contributed by atoms with van der Waals surface area (Å²) in [5, 5.41) is 31.4. The Bertz CT molecular complexity index is 459. The fourth-order valence-corrected chi connectivity index (χ4v) is 1.39. The molecular formula is C11H14N2O5. The van der Waals surface area contributed by atoms with Crippen LogP contribution < -0.4 is 5.32 Å². The van der Waals surface area contributed by atoms with E-state index in [4.69, 9.17) is 10.2 Å². The van der Waals surface area contributed by atoms with Crippen LogP contribution in [0.5, 0.6) is 0 Å². The van der Waals surface area contributed by atoms with Crippen LogP contribution >= 0.6 is 0 Å². The topological polar surface area (TPSA) is 113 Å². The Labute approximate surface area is 103 Å². The number of nitrogens with one attached hydrogen (secondary N) is 1. The van der Waals surface area contributed by atoms with Gasteiger partial charge >= 0.3 is 5.97 Å². The van der Waals surface area contributed by atoms with E-state index in [9.17, 15) is 14.9 Å². The Hall–Kier alpha value is -2.15. The lowest BCUT2D eigenvalue weighted by atomic mass is 10.1. The molecule has 1 atom stereocenters. The number of nitro benzene ring substituents is 1. The van der Waals surface area contributed by atoms with Gasteiger partial charge in [0.1, 0.15) is 5.69 Å². The zero-order valence-electron chi connectivity index (χ0n) is 9.79. The lowest BCUT2D eigenvalue weighted by molar-refractivity contribution is -0.384. The Morgan fingerprint density at radius 1 is 1.56 bits per heavy atom. The van der Waals surface area contributed by atoms with E-state index in [2.05, 4.69) is 5.32 Å². The summed E-state index contributed by atoms with van der Waals surface area (Å²) in [6, 6.07) is 3.54. The molecule has 0 heterocycles. The van der Waals surface area contributed by atoms with E-state index in [0.717, 1.165) is 6.07 Å². The average molecular weight is 254 g/mol. The number of benzene rings is 1.